The van der Waals surface area contributed by atoms with Gasteiger partial charge in [-0.05, 0) is 165 Å². The molecule has 10 rings (SSSR count). The van der Waals surface area contributed by atoms with E-state index in [1.165, 1.54) is 57.8 Å². The van der Waals surface area contributed by atoms with E-state index < -0.39 is 0 Å². The summed E-state index contributed by atoms with van der Waals surface area (Å²) in [6.07, 6.45) is 40.6. The summed E-state index contributed by atoms with van der Waals surface area (Å²) < 4.78 is 0. The fourth-order valence-electron chi connectivity index (χ4n) is 13.5. The molecule has 6 fully saturated rings. The van der Waals surface area contributed by atoms with E-state index in [0.717, 1.165) is 94.7 Å². The van der Waals surface area contributed by atoms with Gasteiger partial charge in [-0.3, -0.25) is 0 Å². The highest BCUT2D eigenvalue weighted by Crippen LogP contribution is 2.69. The minimum Gasteiger partial charge on any atom is -0.106 e. The molecule has 10 aliphatic carbocycles. The minimum atomic E-state index is 0.925. The lowest BCUT2D eigenvalue weighted by atomic mass is 9.58. The van der Waals surface area contributed by atoms with E-state index in [4.69, 9.17) is 0 Å². The Labute approximate surface area is 259 Å². The van der Waals surface area contributed by atoms with E-state index in [9.17, 15) is 0 Å². The van der Waals surface area contributed by atoms with E-state index in [1.807, 2.05) is 0 Å². The van der Waals surface area contributed by atoms with Gasteiger partial charge in [-0.15, -0.1) is 13.2 Å². The molecule has 0 saturated heterocycles. The number of hydrogen-bond acceptors (Lipinski definition) is 0. The largest absolute Gasteiger partial charge is 0.106 e. The van der Waals surface area contributed by atoms with E-state index in [1.54, 1.807) is 32.1 Å². The van der Waals surface area contributed by atoms with Crippen LogP contribution in [-0.2, 0) is 0 Å². The number of hydrogen-bond donors (Lipinski definition) is 0. The van der Waals surface area contributed by atoms with Crippen LogP contribution in [0.25, 0.3) is 0 Å². The summed E-state index contributed by atoms with van der Waals surface area (Å²) in [5, 5.41) is 0. The molecule has 16 atom stereocenters. The molecule has 0 spiro atoms. The van der Waals surface area contributed by atoms with Gasteiger partial charge in [-0.25, -0.2) is 0 Å². The molecule has 0 aromatic heterocycles. The highest BCUT2D eigenvalue weighted by molar-refractivity contribution is 5.22. The third-order valence-electron chi connectivity index (χ3n) is 15.0. The fourth-order valence-corrected chi connectivity index (χ4v) is 13.5. The minimum absolute atomic E-state index is 0.925. The fraction of sp³-hybridized carbons (Fsp3) is 0.762. The van der Waals surface area contributed by atoms with Crippen LogP contribution in [0.3, 0.4) is 0 Å². The molecule has 42 heavy (non-hydrogen) atoms. The molecule has 0 aliphatic heterocycles. The Balaban J connectivity index is 0.000000123. The maximum absolute atomic E-state index is 3.00. The Morgan fingerprint density at radius 2 is 1.29 bits per heavy atom. The molecule has 0 nitrogen and oxygen atoms in total. The van der Waals surface area contributed by atoms with Gasteiger partial charge in [-0.2, -0.15) is 0 Å². The van der Waals surface area contributed by atoms with Crippen molar-refractivity contribution in [2.75, 3.05) is 0 Å². The zero-order chi connectivity index (χ0) is 28.8. The SMILES string of the molecule is C1=CC2C3C=CC(C3)C2C1.C1=CC2CCC1C2.C=C.CCCCC1C2CC(C3CC=CC23)C1C1C2CCC(C2)C1CC. The van der Waals surface area contributed by atoms with Crippen LogP contribution >= 0.6 is 0 Å². The average Bonchev–Trinajstić information content (AvgIpc) is 3.88. The van der Waals surface area contributed by atoms with Crippen molar-refractivity contribution < 1.29 is 0 Å². The molecule has 0 heteroatoms. The summed E-state index contributed by atoms with van der Waals surface area (Å²) in [5.41, 5.74) is 0. The average molecular weight is 567 g/mol. The second-order valence-corrected chi connectivity index (χ2v) is 16.4. The van der Waals surface area contributed by atoms with Crippen molar-refractivity contribution in [1.82, 2.24) is 0 Å². The van der Waals surface area contributed by atoms with E-state index >= 15 is 0 Å². The zero-order valence-electron chi connectivity index (χ0n) is 27.2. The summed E-state index contributed by atoms with van der Waals surface area (Å²) in [5.74, 6) is 16.8. The summed E-state index contributed by atoms with van der Waals surface area (Å²) in [4.78, 5) is 0. The molecule has 0 heterocycles. The van der Waals surface area contributed by atoms with Crippen molar-refractivity contribution in [3.05, 3.63) is 61.8 Å². The van der Waals surface area contributed by atoms with Crippen LogP contribution < -0.4 is 0 Å². The van der Waals surface area contributed by atoms with Gasteiger partial charge in [-0.1, -0.05) is 81.7 Å². The van der Waals surface area contributed by atoms with Crippen LogP contribution in [0.15, 0.2) is 61.8 Å². The van der Waals surface area contributed by atoms with Crippen molar-refractivity contribution in [1.29, 1.82) is 0 Å². The lowest BCUT2D eigenvalue weighted by Crippen LogP contribution is -2.41. The van der Waals surface area contributed by atoms with Crippen LogP contribution in [0.2, 0.25) is 0 Å². The van der Waals surface area contributed by atoms with Crippen LogP contribution in [0.5, 0.6) is 0 Å². The Morgan fingerprint density at radius 3 is 1.95 bits per heavy atom. The van der Waals surface area contributed by atoms with E-state index in [0.29, 0.717) is 0 Å². The Kier molecular flexibility index (Phi) is 8.82. The number of allylic oxidation sites excluding steroid dienone is 8. The maximum atomic E-state index is 3.00. The summed E-state index contributed by atoms with van der Waals surface area (Å²) in [6.45, 7) is 10.9. The van der Waals surface area contributed by atoms with Gasteiger partial charge in [0.1, 0.15) is 0 Å². The Bertz CT molecular complexity index is 1030. The van der Waals surface area contributed by atoms with Gasteiger partial charge in [0, 0.05) is 0 Å². The summed E-state index contributed by atoms with van der Waals surface area (Å²) in [6, 6.07) is 0. The molecule has 16 unspecified atom stereocenters. The first-order valence-corrected chi connectivity index (χ1v) is 18.9. The molecular formula is C42H62. The number of fused-ring (bicyclic) bond motifs is 14. The van der Waals surface area contributed by atoms with Crippen LogP contribution in [-0.4, -0.2) is 0 Å². The number of rotatable bonds is 5. The second-order valence-electron chi connectivity index (χ2n) is 16.4. The first kappa shape index (κ1) is 29.4. The van der Waals surface area contributed by atoms with Gasteiger partial charge >= 0.3 is 0 Å². The smallest absolute Gasteiger partial charge is 0.0133 e. The third-order valence-corrected chi connectivity index (χ3v) is 15.0. The second kappa shape index (κ2) is 12.6. The van der Waals surface area contributed by atoms with Crippen LogP contribution in [0.1, 0.15) is 104 Å². The molecule has 230 valence electrons. The van der Waals surface area contributed by atoms with E-state index in [2.05, 4.69) is 75.6 Å². The molecule has 0 aromatic carbocycles. The normalized spacial score (nSPS) is 51.3. The van der Waals surface area contributed by atoms with E-state index in [-0.39, 0.29) is 0 Å². The van der Waals surface area contributed by atoms with Crippen LogP contribution in [0, 0.1) is 94.7 Å². The topological polar surface area (TPSA) is 0 Å². The molecule has 0 radical (unpaired) electrons. The summed E-state index contributed by atoms with van der Waals surface area (Å²) in [7, 11) is 0. The molecule has 0 amide bonds. The predicted molar refractivity (Wildman–Crippen MR) is 180 cm³/mol. The van der Waals surface area contributed by atoms with Gasteiger partial charge in [0.25, 0.3) is 0 Å². The van der Waals surface area contributed by atoms with Crippen LogP contribution in [0.4, 0.5) is 0 Å². The van der Waals surface area contributed by atoms with Gasteiger partial charge < -0.3 is 0 Å². The Morgan fingerprint density at radius 1 is 0.571 bits per heavy atom. The van der Waals surface area contributed by atoms with Crippen molar-refractivity contribution in [3.63, 3.8) is 0 Å². The van der Waals surface area contributed by atoms with Crippen molar-refractivity contribution in [2.45, 2.75) is 104 Å². The lowest BCUT2D eigenvalue weighted by Gasteiger charge is -2.46. The van der Waals surface area contributed by atoms with Gasteiger partial charge in [0.15, 0.2) is 0 Å². The monoisotopic (exact) mass is 566 g/mol. The molecule has 8 bridgehead atoms. The van der Waals surface area contributed by atoms with Gasteiger partial charge in [0.2, 0.25) is 0 Å². The van der Waals surface area contributed by atoms with Crippen molar-refractivity contribution >= 4 is 0 Å². The zero-order valence-corrected chi connectivity index (χ0v) is 27.2. The van der Waals surface area contributed by atoms with Crippen molar-refractivity contribution in [2.24, 2.45) is 94.7 Å². The highest BCUT2D eigenvalue weighted by Gasteiger charge is 2.62. The quantitative estimate of drug-likeness (QED) is 0.290. The summed E-state index contributed by atoms with van der Waals surface area (Å²) >= 11 is 0. The molecule has 0 aromatic rings. The first-order chi connectivity index (χ1) is 20.7. The maximum Gasteiger partial charge on any atom is -0.0133 e. The first-order valence-electron chi connectivity index (χ1n) is 18.9. The molecule has 10 aliphatic rings. The standard InChI is InChI=1S/C23H36.C10H12.C7H10.C2H4/c1-3-5-7-19-20-13-21(18-9-6-8-17(18)20)23(19)22-15-11-10-14(12-15)16(22)4-2;1-2-9-7-4-5-8(6-7)10(9)3-1;1-2-7-4-3-6(1)5-7;1-2/h6,8,14-23H,3-5,7,9-13H2,1-2H3;1-2,4-5,7-10H,3,6H2;1-2,6-7H,3-5H2;1-2H2. The third kappa shape index (κ3) is 5.02. The van der Waals surface area contributed by atoms with Gasteiger partial charge in [0.05, 0.1) is 0 Å². The number of unbranched alkanes of at least 4 members (excludes halogenated alkanes) is 1. The molecule has 0 N–H and O–H groups in total. The highest BCUT2D eigenvalue weighted by atomic mass is 14.7. The predicted octanol–water partition coefficient (Wildman–Crippen LogP) is 11.5. The Hall–Kier alpha value is -1.30. The van der Waals surface area contributed by atoms with Crippen molar-refractivity contribution in [3.8, 4) is 0 Å². The lowest BCUT2D eigenvalue weighted by molar-refractivity contribution is 0.0209. The molecule has 6 saturated carbocycles. The molecular weight excluding hydrogens is 504 g/mol.